The van der Waals surface area contributed by atoms with Gasteiger partial charge >= 0.3 is 0 Å². The molecule has 1 fully saturated rings. The van der Waals surface area contributed by atoms with Crippen LogP contribution < -0.4 is 0 Å². The van der Waals surface area contributed by atoms with E-state index in [2.05, 4.69) is 27.7 Å². The minimum absolute atomic E-state index is 0.358. The van der Waals surface area contributed by atoms with Crippen LogP contribution in [0.4, 0.5) is 0 Å². The zero-order chi connectivity index (χ0) is 10.1. The molecule has 0 aliphatic heterocycles. The summed E-state index contributed by atoms with van der Waals surface area (Å²) in [5.41, 5.74) is 2.03. The molecule has 0 amide bonds. The Morgan fingerprint density at radius 1 is 1.08 bits per heavy atom. The molecule has 1 saturated carbocycles. The second kappa shape index (κ2) is 3.28. The summed E-state index contributed by atoms with van der Waals surface area (Å²) in [7, 11) is 0. The average molecular weight is 180 g/mol. The monoisotopic (exact) mass is 180 g/mol. The molecular formula is C12H20O. The topological polar surface area (TPSA) is 17.1 Å². The fourth-order valence-corrected chi connectivity index (χ4v) is 2.93. The van der Waals surface area contributed by atoms with Crippen molar-refractivity contribution in [2.45, 2.75) is 47.0 Å². The van der Waals surface area contributed by atoms with E-state index in [-0.39, 0.29) is 0 Å². The van der Waals surface area contributed by atoms with Crippen LogP contribution in [0.1, 0.15) is 47.0 Å². The maximum absolute atomic E-state index is 10.4. The van der Waals surface area contributed by atoms with E-state index >= 15 is 0 Å². The Kier molecular flexibility index (Phi) is 2.65. The Morgan fingerprint density at radius 3 is 1.92 bits per heavy atom. The Labute approximate surface area is 81.2 Å². The van der Waals surface area contributed by atoms with E-state index in [0.717, 1.165) is 19.1 Å². The van der Waals surface area contributed by atoms with Crippen LogP contribution in [0, 0.1) is 10.8 Å². The number of hydrogen-bond donors (Lipinski definition) is 0. The molecule has 0 heterocycles. The van der Waals surface area contributed by atoms with E-state index in [1.807, 2.05) is 0 Å². The molecule has 1 aliphatic rings. The lowest BCUT2D eigenvalue weighted by molar-refractivity contribution is -0.104. The van der Waals surface area contributed by atoms with Crippen molar-refractivity contribution in [3.05, 3.63) is 11.6 Å². The molecule has 1 nitrogen and oxygen atoms in total. The van der Waals surface area contributed by atoms with Gasteiger partial charge in [-0.05, 0) is 36.2 Å². The number of rotatable bonds is 1. The maximum Gasteiger partial charge on any atom is 0.142 e. The highest BCUT2D eigenvalue weighted by molar-refractivity contribution is 5.66. The standard InChI is InChI=1S/C12H20O/c1-11(2)7-10(5-6-13)8-12(3,4)9-11/h5-6H,7-9H2,1-4H3. The van der Waals surface area contributed by atoms with Crippen LogP contribution in [0.15, 0.2) is 11.6 Å². The van der Waals surface area contributed by atoms with Gasteiger partial charge in [-0.25, -0.2) is 0 Å². The molecule has 0 aromatic heterocycles. The van der Waals surface area contributed by atoms with Crippen molar-refractivity contribution in [1.29, 1.82) is 0 Å². The smallest absolute Gasteiger partial charge is 0.142 e. The van der Waals surface area contributed by atoms with Gasteiger partial charge < -0.3 is 0 Å². The first-order chi connectivity index (χ1) is 5.85. The summed E-state index contributed by atoms with van der Waals surface area (Å²) >= 11 is 0. The summed E-state index contributed by atoms with van der Waals surface area (Å²) in [5.74, 6) is 0. The highest BCUT2D eigenvalue weighted by Gasteiger charge is 2.35. The number of allylic oxidation sites excluding steroid dienone is 2. The van der Waals surface area contributed by atoms with Crippen LogP contribution in [0.3, 0.4) is 0 Å². The van der Waals surface area contributed by atoms with Gasteiger partial charge in [-0.2, -0.15) is 0 Å². The van der Waals surface area contributed by atoms with Crippen molar-refractivity contribution in [3.63, 3.8) is 0 Å². The molecule has 0 radical (unpaired) electrons. The molecule has 0 N–H and O–H groups in total. The second-order valence-electron chi connectivity index (χ2n) is 5.82. The van der Waals surface area contributed by atoms with Crippen molar-refractivity contribution in [2.75, 3.05) is 0 Å². The zero-order valence-electron chi connectivity index (χ0n) is 9.18. The molecule has 74 valence electrons. The molecule has 0 bridgehead atoms. The molecule has 1 heteroatoms. The van der Waals surface area contributed by atoms with Crippen LogP contribution in [-0.4, -0.2) is 6.29 Å². The predicted molar refractivity (Wildman–Crippen MR) is 55.6 cm³/mol. The first-order valence-electron chi connectivity index (χ1n) is 4.98. The predicted octanol–water partition coefficient (Wildman–Crippen LogP) is 3.35. The fraction of sp³-hybridized carbons (Fsp3) is 0.750. The van der Waals surface area contributed by atoms with E-state index in [4.69, 9.17) is 0 Å². The number of aldehydes is 1. The molecule has 1 rings (SSSR count). The SMILES string of the molecule is CC1(C)CC(=CC=O)CC(C)(C)C1. The third-order valence-corrected chi connectivity index (χ3v) is 2.67. The van der Waals surface area contributed by atoms with Crippen molar-refractivity contribution in [2.24, 2.45) is 10.8 Å². The zero-order valence-corrected chi connectivity index (χ0v) is 9.18. The van der Waals surface area contributed by atoms with Gasteiger partial charge in [-0.15, -0.1) is 0 Å². The van der Waals surface area contributed by atoms with Crippen molar-refractivity contribution < 1.29 is 4.79 Å². The summed E-state index contributed by atoms with van der Waals surface area (Å²) in [6.45, 7) is 9.14. The summed E-state index contributed by atoms with van der Waals surface area (Å²) < 4.78 is 0. The van der Waals surface area contributed by atoms with Gasteiger partial charge in [0.25, 0.3) is 0 Å². The van der Waals surface area contributed by atoms with Crippen LogP contribution in [0.2, 0.25) is 0 Å². The van der Waals surface area contributed by atoms with E-state index in [1.54, 1.807) is 6.08 Å². The van der Waals surface area contributed by atoms with E-state index in [0.29, 0.717) is 10.8 Å². The highest BCUT2D eigenvalue weighted by atomic mass is 16.1. The minimum atomic E-state index is 0.358. The van der Waals surface area contributed by atoms with Gasteiger partial charge in [0.2, 0.25) is 0 Å². The van der Waals surface area contributed by atoms with Crippen molar-refractivity contribution in [3.8, 4) is 0 Å². The van der Waals surface area contributed by atoms with Gasteiger partial charge in [-0.1, -0.05) is 33.3 Å². The quantitative estimate of drug-likeness (QED) is 0.447. The molecule has 13 heavy (non-hydrogen) atoms. The van der Waals surface area contributed by atoms with E-state index in [1.165, 1.54) is 12.0 Å². The molecule has 0 aromatic carbocycles. The van der Waals surface area contributed by atoms with Crippen LogP contribution in [-0.2, 0) is 4.79 Å². The molecule has 1 aliphatic carbocycles. The van der Waals surface area contributed by atoms with E-state index < -0.39 is 0 Å². The first-order valence-corrected chi connectivity index (χ1v) is 4.98. The Balaban J connectivity index is 2.84. The van der Waals surface area contributed by atoms with Crippen molar-refractivity contribution in [1.82, 2.24) is 0 Å². The third-order valence-electron chi connectivity index (χ3n) is 2.67. The summed E-state index contributed by atoms with van der Waals surface area (Å²) in [5, 5.41) is 0. The summed E-state index contributed by atoms with van der Waals surface area (Å²) in [6.07, 6.45) is 6.08. The van der Waals surface area contributed by atoms with Gasteiger partial charge in [0, 0.05) is 0 Å². The number of hydrogen-bond acceptors (Lipinski definition) is 1. The first kappa shape index (κ1) is 10.5. The summed E-state index contributed by atoms with van der Waals surface area (Å²) in [6, 6.07) is 0. The molecule has 0 unspecified atom stereocenters. The van der Waals surface area contributed by atoms with Gasteiger partial charge in [0.1, 0.15) is 6.29 Å². The van der Waals surface area contributed by atoms with Crippen LogP contribution in [0.25, 0.3) is 0 Å². The van der Waals surface area contributed by atoms with Crippen molar-refractivity contribution >= 4 is 6.29 Å². The number of carbonyl (C=O) groups excluding carboxylic acids is 1. The van der Waals surface area contributed by atoms with Crippen LogP contribution in [0.5, 0.6) is 0 Å². The lowest BCUT2D eigenvalue weighted by Crippen LogP contribution is -2.29. The van der Waals surface area contributed by atoms with Gasteiger partial charge in [0.15, 0.2) is 0 Å². The second-order valence-corrected chi connectivity index (χ2v) is 5.82. The third kappa shape index (κ3) is 2.98. The normalized spacial score (nSPS) is 25.4. The average Bonchev–Trinajstić information content (AvgIpc) is 1.78. The maximum atomic E-state index is 10.4. The van der Waals surface area contributed by atoms with Gasteiger partial charge in [-0.3, -0.25) is 4.79 Å². The van der Waals surface area contributed by atoms with E-state index in [9.17, 15) is 4.79 Å². The molecule has 0 saturated heterocycles. The Bertz CT molecular complexity index is 216. The molecule has 0 aromatic rings. The summed E-state index contributed by atoms with van der Waals surface area (Å²) in [4.78, 5) is 10.4. The lowest BCUT2D eigenvalue weighted by Gasteiger charge is -2.42. The number of carbonyl (C=O) groups is 1. The Morgan fingerprint density at radius 2 is 1.54 bits per heavy atom. The van der Waals surface area contributed by atoms with Gasteiger partial charge in [0.05, 0.1) is 0 Å². The Hall–Kier alpha value is -0.590. The van der Waals surface area contributed by atoms with Crippen LogP contribution >= 0.6 is 0 Å². The molecular weight excluding hydrogens is 160 g/mol. The minimum Gasteiger partial charge on any atom is -0.299 e. The highest BCUT2D eigenvalue weighted by Crippen LogP contribution is 2.47. The molecule has 0 atom stereocenters. The lowest BCUT2D eigenvalue weighted by atomic mass is 9.63. The largest absolute Gasteiger partial charge is 0.299 e. The molecule has 0 spiro atoms. The fourth-order valence-electron chi connectivity index (χ4n) is 2.93.